The lowest BCUT2D eigenvalue weighted by Crippen LogP contribution is -2.40. The predicted molar refractivity (Wildman–Crippen MR) is 113 cm³/mol. The van der Waals surface area contributed by atoms with Gasteiger partial charge in [-0.3, -0.25) is 19.4 Å². The number of aryl methyl sites for hydroxylation is 2. The minimum Gasteiger partial charge on any atom is -0.369 e. The SMILES string of the molecule is CC(=O)N(c1nc(CN2CCC[C@@H](C(N)=O)C2)cs1)c1c(C)cc(C)cc1Cl. The van der Waals surface area contributed by atoms with Crippen molar-refractivity contribution in [3.63, 3.8) is 0 Å². The Hall–Kier alpha value is -1.96. The molecule has 0 bridgehead atoms. The van der Waals surface area contributed by atoms with E-state index < -0.39 is 0 Å². The standard InChI is InChI=1S/C20H25ClN4O2S/c1-12-7-13(2)18(17(21)8-12)25(14(3)26)20-23-16(11-28-20)10-24-6-4-5-15(9-24)19(22)27/h7-8,11,15H,4-6,9-10H2,1-3H3,(H2,22,27)/t15-/m1/s1. The zero-order valence-corrected chi connectivity index (χ0v) is 17.9. The fraction of sp³-hybridized carbons (Fsp3) is 0.450. The summed E-state index contributed by atoms with van der Waals surface area (Å²) < 4.78 is 0. The second kappa shape index (κ2) is 8.59. The topological polar surface area (TPSA) is 79.5 Å². The number of carbonyl (C=O) groups is 2. The number of benzene rings is 1. The number of likely N-dealkylation sites (tertiary alicyclic amines) is 1. The normalized spacial score (nSPS) is 17.5. The Morgan fingerprint density at radius 3 is 2.79 bits per heavy atom. The van der Waals surface area contributed by atoms with Crippen LogP contribution in [-0.2, 0) is 16.1 Å². The molecule has 0 aliphatic carbocycles. The van der Waals surface area contributed by atoms with Gasteiger partial charge in [0.15, 0.2) is 5.13 Å². The van der Waals surface area contributed by atoms with Gasteiger partial charge in [0.25, 0.3) is 0 Å². The van der Waals surface area contributed by atoms with E-state index in [1.54, 1.807) is 4.90 Å². The molecule has 0 spiro atoms. The molecule has 1 aliphatic rings. The highest BCUT2D eigenvalue weighted by Crippen LogP contribution is 2.37. The molecule has 2 aromatic rings. The van der Waals surface area contributed by atoms with Crippen LogP contribution in [0.1, 0.15) is 36.6 Å². The van der Waals surface area contributed by atoms with E-state index in [2.05, 4.69) is 9.88 Å². The van der Waals surface area contributed by atoms with E-state index in [1.165, 1.54) is 18.3 Å². The number of rotatable bonds is 5. The Morgan fingerprint density at radius 2 is 2.14 bits per heavy atom. The number of aromatic nitrogens is 1. The number of hydrogen-bond donors (Lipinski definition) is 1. The molecule has 1 aliphatic heterocycles. The quantitative estimate of drug-likeness (QED) is 0.797. The maximum atomic E-state index is 12.4. The molecule has 1 aromatic carbocycles. The highest BCUT2D eigenvalue weighted by Gasteiger charge is 2.26. The van der Waals surface area contributed by atoms with Crippen molar-refractivity contribution < 1.29 is 9.59 Å². The van der Waals surface area contributed by atoms with Crippen LogP contribution in [-0.4, -0.2) is 34.8 Å². The highest BCUT2D eigenvalue weighted by molar-refractivity contribution is 7.14. The first kappa shape index (κ1) is 20.8. The number of piperidine rings is 1. The highest BCUT2D eigenvalue weighted by atomic mass is 35.5. The van der Waals surface area contributed by atoms with Crippen LogP contribution >= 0.6 is 22.9 Å². The molecule has 150 valence electrons. The molecule has 1 saturated heterocycles. The summed E-state index contributed by atoms with van der Waals surface area (Å²) in [5.41, 5.74) is 8.99. The third kappa shape index (κ3) is 4.54. The van der Waals surface area contributed by atoms with Gasteiger partial charge in [0.05, 0.1) is 22.3 Å². The van der Waals surface area contributed by atoms with Crippen LogP contribution in [0.25, 0.3) is 0 Å². The molecule has 2 heterocycles. The number of hydrogen-bond acceptors (Lipinski definition) is 5. The van der Waals surface area contributed by atoms with E-state index in [4.69, 9.17) is 17.3 Å². The van der Waals surface area contributed by atoms with Gasteiger partial charge in [-0.15, -0.1) is 11.3 Å². The van der Waals surface area contributed by atoms with Crippen molar-refractivity contribution in [3.8, 4) is 0 Å². The number of thiazole rings is 1. The molecule has 3 rings (SSSR count). The Balaban J connectivity index is 1.83. The minimum absolute atomic E-state index is 0.102. The summed E-state index contributed by atoms with van der Waals surface area (Å²) in [6, 6.07) is 3.86. The molecule has 0 unspecified atom stereocenters. The lowest BCUT2D eigenvalue weighted by atomic mass is 9.97. The molecular weight excluding hydrogens is 396 g/mol. The molecule has 1 aromatic heterocycles. The Morgan fingerprint density at radius 1 is 1.39 bits per heavy atom. The van der Waals surface area contributed by atoms with Crippen molar-refractivity contribution in [2.24, 2.45) is 11.7 Å². The number of nitrogens with two attached hydrogens (primary N) is 1. The maximum absolute atomic E-state index is 12.4. The van der Waals surface area contributed by atoms with Crippen molar-refractivity contribution in [1.29, 1.82) is 0 Å². The van der Waals surface area contributed by atoms with E-state index in [0.29, 0.717) is 28.9 Å². The van der Waals surface area contributed by atoms with Crippen molar-refractivity contribution in [3.05, 3.63) is 39.4 Å². The molecule has 1 atom stereocenters. The Labute approximate surface area is 174 Å². The molecule has 1 fully saturated rings. The summed E-state index contributed by atoms with van der Waals surface area (Å²) in [7, 11) is 0. The molecular formula is C20H25ClN4O2S. The third-order valence-corrected chi connectivity index (χ3v) is 6.12. The van der Waals surface area contributed by atoms with Crippen LogP contribution in [0, 0.1) is 19.8 Å². The second-order valence-corrected chi connectivity index (χ2v) is 8.61. The van der Waals surface area contributed by atoms with Crippen LogP contribution in [0.2, 0.25) is 5.02 Å². The molecule has 0 radical (unpaired) electrons. The molecule has 2 amide bonds. The van der Waals surface area contributed by atoms with Crippen LogP contribution in [0.4, 0.5) is 10.8 Å². The van der Waals surface area contributed by atoms with E-state index in [-0.39, 0.29) is 17.7 Å². The van der Waals surface area contributed by atoms with E-state index in [9.17, 15) is 9.59 Å². The van der Waals surface area contributed by atoms with Crippen molar-refractivity contribution in [2.45, 2.75) is 40.2 Å². The Kier molecular flexibility index (Phi) is 6.37. The predicted octanol–water partition coefficient (Wildman–Crippen LogP) is 3.80. The molecule has 0 saturated carbocycles. The number of anilines is 2. The molecule has 2 N–H and O–H groups in total. The minimum atomic E-state index is -0.240. The number of halogens is 1. The first-order chi connectivity index (χ1) is 13.3. The lowest BCUT2D eigenvalue weighted by molar-refractivity contribution is -0.123. The average Bonchev–Trinajstić information content (AvgIpc) is 3.05. The summed E-state index contributed by atoms with van der Waals surface area (Å²) in [5, 5.41) is 3.08. The van der Waals surface area contributed by atoms with Gasteiger partial charge in [-0.05, 0) is 50.4 Å². The van der Waals surface area contributed by atoms with Gasteiger partial charge in [0, 0.05) is 25.4 Å². The summed E-state index contributed by atoms with van der Waals surface area (Å²) in [6.07, 6.45) is 1.79. The maximum Gasteiger partial charge on any atom is 0.230 e. The Bertz CT molecular complexity index is 875. The lowest BCUT2D eigenvalue weighted by Gasteiger charge is -2.30. The van der Waals surface area contributed by atoms with Crippen molar-refractivity contribution in [1.82, 2.24) is 9.88 Å². The molecule has 8 heteroatoms. The van der Waals surface area contributed by atoms with Crippen molar-refractivity contribution in [2.75, 3.05) is 18.0 Å². The van der Waals surface area contributed by atoms with Crippen molar-refractivity contribution >= 4 is 45.6 Å². The monoisotopic (exact) mass is 420 g/mol. The molecule has 28 heavy (non-hydrogen) atoms. The number of amides is 2. The van der Waals surface area contributed by atoms with Crippen LogP contribution < -0.4 is 10.6 Å². The van der Waals surface area contributed by atoms with Crippen LogP contribution in [0.15, 0.2) is 17.5 Å². The number of primary amides is 1. The van der Waals surface area contributed by atoms with Gasteiger partial charge in [0.2, 0.25) is 11.8 Å². The summed E-state index contributed by atoms with van der Waals surface area (Å²) in [6.45, 7) is 7.62. The van der Waals surface area contributed by atoms with Crippen LogP contribution in [0.5, 0.6) is 0 Å². The van der Waals surface area contributed by atoms with E-state index in [1.807, 2.05) is 31.4 Å². The van der Waals surface area contributed by atoms with E-state index >= 15 is 0 Å². The first-order valence-electron chi connectivity index (χ1n) is 9.29. The second-order valence-electron chi connectivity index (χ2n) is 7.36. The zero-order chi connectivity index (χ0) is 20.4. The van der Waals surface area contributed by atoms with Crippen LogP contribution in [0.3, 0.4) is 0 Å². The van der Waals surface area contributed by atoms with Gasteiger partial charge >= 0.3 is 0 Å². The fourth-order valence-corrected chi connectivity index (χ4v) is 4.98. The van der Waals surface area contributed by atoms with Gasteiger partial charge < -0.3 is 5.73 Å². The number of carbonyl (C=O) groups excluding carboxylic acids is 2. The van der Waals surface area contributed by atoms with Gasteiger partial charge in [-0.2, -0.15) is 0 Å². The average molecular weight is 421 g/mol. The summed E-state index contributed by atoms with van der Waals surface area (Å²) in [5.74, 6) is -0.480. The van der Waals surface area contributed by atoms with Gasteiger partial charge in [-0.1, -0.05) is 17.7 Å². The first-order valence-corrected chi connectivity index (χ1v) is 10.6. The smallest absolute Gasteiger partial charge is 0.230 e. The third-order valence-electron chi connectivity index (χ3n) is 4.96. The van der Waals surface area contributed by atoms with Gasteiger partial charge in [0.1, 0.15) is 0 Å². The summed E-state index contributed by atoms with van der Waals surface area (Å²) in [4.78, 5) is 32.4. The van der Waals surface area contributed by atoms with E-state index in [0.717, 1.165) is 36.2 Å². The molecule has 6 nitrogen and oxygen atoms in total. The van der Waals surface area contributed by atoms with Gasteiger partial charge in [-0.25, -0.2) is 4.98 Å². The fourth-order valence-electron chi connectivity index (χ4n) is 3.71. The summed E-state index contributed by atoms with van der Waals surface area (Å²) >= 11 is 7.88. The largest absolute Gasteiger partial charge is 0.369 e. The number of nitrogens with zero attached hydrogens (tertiary/aromatic N) is 3. The zero-order valence-electron chi connectivity index (χ0n) is 16.4.